The van der Waals surface area contributed by atoms with Crippen molar-refractivity contribution in [1.82, 2.24) is 4.90 Å². The second-order valence-corrected chi connectivity index (χ2v) is 11.1. The Balaban J connectivity index is 0.000000817. The zero-order chi connectivity index (χ0) is 19.8. The zero-order valence-electron chi connectivity index (χ0n) is 16.3. The van der Waals surface area contributed by atoms with E-state index < -0.39 is 17.0 Å². The molecule has 1 aliphatic rings. The fraction of sp³-hybridized carbons (Fsp3) is 0.429. The van der Waals surface area contributed by atoms with E-state index in [1.807, 2.05) is 13.0 Å². The summed E-state index contributed by atoms with van der Waals surface area (Å²) < 4.78 is 0. The quantitative estimate of drug-likeness (QED) is 0.494. The molecule has 1 aliphatic heterocycles. The summed E-state index contributed by atoms with van der Waals surface area (Å²) in [6, 6.07) is 11.0. The molecular weight excluding hydrogens is 432 g/mol. The molecule has 1 N–H and O–H groups in total. The molecule has 0 aliphatic carbocycles. The van der Waals surface area contributed by atoms with E-state index in [-0.39, 0.29) is 0 Å². The first-order chi connectivity index (χ1) is 12.9. The van der Waals surface area contributed by atoms with Crippen LogP contribution >= 0.6 is 27.2 Å². The minimum absolute atomic E-state index is 0.462. The van der Waals surface area contributed by atoms with Crippen LogP contribution in [0.4, 0.5) is 0 Å². The number of phenolic OH excluding ortho intramolecular Hbond substituents is 1. The number of rotatable bonds is 4. The van der Waals surface area contributed by atoms with Gasteiger partial charge >= 0.3 is 35.6 Å². The summed E-state index contributed by atoms with van der Waals surface area (Å²) >= 11 is -0.556. The topological polar surface area (TPSA) is 23.5 Å². The molecule has 1 fully saturated rings. The third-order valence-corrected chi connectivity index (χ3v) is 6.23. The van der Waals surface area contributed by atoms with Crippen molar-refractivity contribution in [3.8, 4) is 5.75 Å². The molecule has 1 heterocycles. The van der Waals surface area contributed by atoms with Crippen LogP contribution in [-0.2, 0) is 23.6 Å². The van der Waals surface area contributed by atoms with Gasteiger partial charge in [-0.15, -0.1) is 0 Å². The molecule has 6 heteroatoms. The van der Waals surface area contributed by atoms with Gasteiger partial charge in [0.05, 0.1) is 0 Å². The molecule has 0 bridgehead atoms. The summed E-state index contributed by atoms with van der Waals surface area (Å²) in [5, 5.41) is 12.9. The van der Waals surface area contributed by atoms with Gasteiger partial charge in [0.25, 0.3) is 0 Å². The molecule has 0 aromatic heterocycles. The number of halogens is 2. The molecule has 2 aromatic carbocycles. The molecule has 1 unspecified atom stereocenters. The number of aryl methyl sites for hydroxylation is 3. The third-order valence-electron chi connectivity index (χ3n) is 4.82. The van der Waals surface area contributed by atoms with Crippen molar-refractivity contribution in [2.24, 2.45) is 0 Å². The van der Waals surface area contributed by atoms with Gasteiger partial charge in [0.15, 0.2) is 0 Å². The first-order valence-electron chi connectivity index (χ1n) is 9.30. The van der Waals surface area contributed by atoms with Crippen LogP contribution in [0.15, 0.2) is 30.3 Å². The number of likely N-dealkylation sites (tertiary alicyclic amines) is 1. The van der Waals surface area contributed by atoms with Gasteiger partial charge in [0.2, 0.25) is 0 Å². The molecular formula is C21H28Cl2NOPTi. The standard InChI is InChI=1S/C21H28NOP.2ClH.Ti/c1-15-7-8-19(18(12-15)14-22-9-5-4-6-10-22)24-20-13-16(2)11-17(3)21(20)23;;;/h7-8,11-13,23-24H,4-6,9-10,14H2,1-3H3;2*1H;/q;;;+2/p-2. The molecule has 0 amide bonds. The van der Waals surface area contributed by atoms with Gasteiger partial charge in [-0.3, -0.25) is 4.90 Å². The van der Waals surface area contributed by atoms with Crippen molar-refractivity contribution in [3.05, 3.63) is 52.6 Å². The van der Waals surface area contributed by atoms with Crippen LogP contribution in [0.1, 0.15) is 41.5 Å². The number of hydrogen-bond donors (Lipinski definition) is 1. The summed E-state index contributed by atoms with van der Waals surface area (Å²) in [6.45, 7) is 9.72. The van der Waals surface area contributed by atoms with Crippen LogP contribution in [-0.4, -0.2) is 23.1 Å². The van der Waals surface area contributed by atoms with Crippen molar-refractivity contribution >= 4 is 37.8 Å². The predicted octanol–water partition coefficient (Wildman–Crippen LogP) is 5.31. The second kappa shape index (κ2) is 11.8. The monoisotopic (exact) mass is 459 g/mol. The average Bonchev–Trinajstić information content (AvgIpc) is 2.63. The maximum absolute atomic E-state index is 10.4. The van der Waals surface area contributed by atoms with E-state index in [1.54, 1.807) is 0 Å². The molecule has 1 atom stereocenters. The Hall–Kier alpha value is -0.0757. The number of phenols is 1. The number of hydrogen-bond acceptors (Lipinski definition) is 2. The molecule has 0 saturated carbocycles. The number of aromatic hydroxyl groups is 1. The number of benzene rings is 2. The summed E-state index contributed by atoms with van der Waals surface area (Å²) in [4.78, 5) is 2.58. The summed E-state index contributed by atoms with van der Waals surface area (Å²) in [5.74, 6) is 0.462. The van der Waals surface area contributed by atoms with E-state index in [0.717, 1.165) is 17.4 Å². The molecule has 27 heavy (non-hydrogen) atoms. The number of nitrogens with zero attached hydrogens (tertiary/aromatic N) is 1. The fourth-order valence-electron chi connectivity index (χ4n) is 3.53. The number of piperidine rings is 1. The van der Waals surface area contributed by atoms with Crippen LogP contribution in [0.5, 0.6) is 5.75 Å². The first kappa shape index (κ1) is 23.2. The predicted molar refractivity (Wildman–Crippen MR) is 117 cm³/mol. The molecule has 0 spiro atoms. The van der Waals surface area contributed by atoms with Crippen molar-refractivity contribution in [1.29, 1.82) is 0 Å². The van der Waals surface area contributed by atoms with E-state index in [1.165, 1.54) is 54.3 Å². The summed E-state index contributed by atoms with van der Waals surface area (Å²) in [7, 11) is 10.3. The van der Waals surface area contributed by atoms with Crippen LogP contribution in [0.2, 0.25) is 0 Å². The van der Waals surface area contributed by atoms with E-state index in [4.69, 9.17) is 18.6 Å². The molecule has 146 valence electrons. The van der Waals surface area contributed by atoms with Gasteiger partial charge in [-0.05, 0) is 74.8 Å². The molecule has 0 radical (unpaired) electrons. The normalized spacial score (nSPS) is 14.9. The Morgan fingerprint density at radius 1 is 0.963 bits per heavy atom. The zero-order valence-corrected chi connectivity index (χ0v) is 20.4. The second-order valence-electron chi connectivity index (χ2n) is 7.17. The van der Waals surface area contributed by atoms with Gasteiger partial charge in [0.1, 0.15) is 5.75 Å². The molecule has 1 saturated heterocycles. The van der Waals surface area contributed by atoms with E-state index in [9.17, 15) is 5.11 Å². The van der Waals surface area contributed by atoms with Crippen molar-refractivity contribution in [2.75, 3.05) is 13.1 Å². The first-order valence-corrected chi connectivity index (χ1v) is 14.6. The molecule has 2 aromatic rings. The maximum atomic E-state index is 10.4. The summed E-state index contributed by atoms with van der Waals surface area (Å²) in [6.07, 6.45) is 4.01. The van der Waals surface area contributed by atoms with E-state index in [0.29, 0.717) is 14.3 Å². The van der Waals surface area contributed by atoms with Gasteiger partial charge in [-0.25, -0.2) is 0 Å². The average molecular weight is 460 g/mol. The van der Waals surface area contributed by atoms with Crippen LogP contribution in [0, 0.1) is 20.8 Å². The minimum atomic E-state index is -0.556. The Morgan fingerprint density at radius 2 is 1.63 bits per heavy atom. The van der Waals surface area contributed by atoms with Gasteiger partial charge in [-0.1, -0.05) is 44.8 Å². The van der Waals surface area contributed by atoms with Crippen molar-refractivity contribution in [3.63, 3.8) is 0 Å². The van der Waals surface area contributed by atoms with Crippen LogP contribution in [0.3, 0.4) is 0 Å². The Bertz CT molecular complexity index is 751. The molecule has 2 nitrogen and oxygen atoms in total. The summed E-state index contributed by atoms with van der Waals surface area (Å²) in [5.41, 5.74) is 4.94. The Labute approximate surface area is 182 Å². The Morgan fingerprint density at radius 3 is 2.30 bits per heavy atom. The molecule has 3 rings (SSSR count). The third kappa shape index (κ3) is 7.35. The van der Waals surface area contributed by atoms with Gasteiger partial charge in [-0.2, -0.15) is 0 Å². The van der Waals surface area contributed by atoms with Crippen molar-refractivity contribution in [2.45, 2.75) is 46.6 Å². The van der Waals surface area contributed by atoms with E-state index >= 15 is 0 Å². The van der Waals surface area contributed by atoms with E-state index in [2.05, 4.69) is 43.0 Å². The van der Waals surface area contributed by atoms with Gasteiger partial charge < -0.3 is 5.11 Å². The SMILES string of the molecule is Cc1ccc(Pc2cc(C)cc(C)c2O)c(CN2CCCCC2)c1.[Cl][Ti][Cl]. The van der Waals surface area contributed by atoms with Crippen LogP contribution in [0.25, 0.3) is 0 Å². The van der Waals surface area contributed by atoms with Crippen LogP contribution < -0.4 is 10.6 Å². The van der Waals surface area contributed by atoms with Gasteiger partial charge in [0, 0.05) is 11.8 Å². The van der Waals surface area contributed by atoms with Crippen molar-refractivity contribution < 1.29 is 22.1 Å². The fourth-order valence-corrected chi connectivity index (χ4v) is 4.92. The Kier molecular flexibility index (Phi) is 10.2.